The van der Waals surface area contributed by atoms with Gasteiger partial charge in [-0.15, -0.1) is 0 Å². The molecule has 2 aromatic carbocycles. The number of hydrogen-bond acceptors (Lipinski definition) is 6. The van der Waals surface area contributed by atoms with Gasteiger partial charge in [0.05, 0.1) is 39.6 Å². The maximum atomic E-state index is 13.3. The Balaban J connectivity index is 2.13. The van der Waals surface area contributed by atoms with Crippen molar-refractivity contribution in [1.29, 1.82) is 0 Å². The second-order valence-corrected chi connectivity index (χ2v) is 6.46. The number of hydrogen-bond donors (Lipinski definition) is 0. The van der Waals surface area contributed by atoms with E-state index in [1.165, 1.54) is 19.1 Å². The highest BCUT2D eigenvalue weighted by molar-refractivity contribution is 6.23. The Kier molecular flexibility index (Phi) is 6.11. The summed E-state index contributed by atoms with van der Waals surface area (Å²) in [6.07, 6.45) is 1.62. The van der Waals surface area contributed by atoms with Crippen molar-refractivity contribution in [3.05, 3.63) is 64.9 Å². The van der Waals surface area contributed by atoms with Crippen LogP contribution in [-0.2, 0) is 14.3 Å². The summed E-state index contributed by atoms with van der Waals surface area (Å²) in [4.78, 5) is 27.4. The molecule has 1 aliphatic heterocycles. The van der Waals surface area contributed by atoms with Crippen LogP contribution >= 0.6 is 0 Å². The highest BCUT2D eigenvalue weighted by Gasteiger charge is 2.38. The number of nitrogens with zero attached hydrogens (tertiary/aromatic N) is 1. The van der Waals surface area contributed by atoms with Gasteiger partial charge in [0.1, 0.15) is 17.2 Å². The number of rotatable bonds is 6. The number of amides is 1. The molecule has 1 amide bonds. The first-order valence-corrected chi connectivity index (χ1v) is 9.17. The molecule has 3 rings (SSSR count). The number of benzene rings is 2. The van der Waals surface area contributed by atoms with E-state index in [1.807, 2.05) is 0 Å². The number of allylic oxidation sites excluding steroid dienone is 1. The number of methoxy groups -OCH3 is 4. The van der Waals surface area contributed by atoms with Crippen molar-refractivity contribution in [2.45, 2.75) is 6.92 Å². The van der Waals surface area contributed by atoms with Gasteiger partial charge in [-0.25, -0.2) is 4.79 Å². The summed E-state index contributed by atoms with van der Waals surface area (Å²) in [6, 6.07) is 12.2. The van der Waals surface area contributed by atoms with Crippen molar-refractivity contribution < 1.29 is 28.5 Å². The number of carbonyl (C=O) groups is 2. The lowest BCUT2D eigenvalue weighted by atomic mass is 10.0. The molecule has 0 aliphatic carbocycles. The summed E-state index contributed by atoms with van der Waals surface area (Å²) in [5, 5.41) is 0. The molecule has 0 N–H and O–H groups in total. The Bertz CT molecular complexity index is 1040. The van der Waals surface area contributed by atoms with Crippen LogP contribution in [-0.4, -0.2) is 40.3 Å². The van der Waals surface area contributed by atoms with Gasteiger partial charge in [0.15, 0.2) is 0 Å². The molecule has 7 heteroatoms. The first kappa shape index (κ1) is 21.0. The van der Waals surface area contributed by atoms with Gasteiger partial charge in [0, 0.05) is 23.0 Å². The lowest BCUT2D eigenvalue weighted by Gasteiger charge is -2.18. The fourth-order valence-corrected chi connectivity index (χ4v) is 3.32. The largest absolute Gasteiger partial charge is 0.497 e. The SMILES string of the molecule is COC(=O)C1=C(C)N(c2ccc(OC)cc2)C(=O)/C1=C\c1ccc(OC)cc1OC. The summed E-state index contributed by atoms with van der Waals surface area (Å²) in [5.74, 6) is 0.872. The summed E-state index contributed by atoms with van der Waals surface area (Å²) >= 11 is 0. The molecular formula is C23H23NO6. The Hall–Kier alpha value is -3.74. The second kappa shape index (κ2) is 8.73. The van der Waals surface area contributed by atoms with Gasteiger partial charge >= 0.3 is 5.97 Å². The molecule has 0 atom stereocenters. The third kappa shape index (κ3) is 3.74. The minimum absolute atomic E-state index is 0.205. The molecule has 1 heterocycles. The predicted octanol–water partition coefficient (Wildman–Crippen LogP) is 3.59. The van der Waals surface area contributed by atoms with Gasteiger partial charge in [-0.2, -0.15) is 0 Å². The smallest absolute Gasteiger partial charge is 0.340 e. The van der Waals surface area contributed by atoms with Crippen molar-refractivity contribution >= 4 is 23.6 Å². The fourth-order valence-electron chi connectivity index (χ4n) is 3.32. The summed E-state index contributed by atoms with van der Waals surface area (Å²) in [5.41, 5.74) is 2.16. The zero-order valence-corrected chi connectivity index (χ0v) is 17.5. The van der Waals surface area contributed by atoms with E-state index in [2.05, 4.69) is 0 Å². The highest BCUT2D eigenvalue weighted by Crippen LogP contribution is 2.37. The van der Waals surface area contributed by atoms with Crippen LogP contribution in [0.4, 0.5) is 5.69 Å². The molecular weight excluding hydrogens is 386 g/mol. The normalized spacial score (nSPS) is 14.9. The van der Waals surface area contributed by atoms with Crippen molar-refractivity contribution in [3.63, 3.8) is 0 Å². The number of ether oxygens (including phenoxy) is 4. The minimum atomic E-state index is -0.587. The van der Waals surface area contributed by atoms with E-state index >= 15 is 0 Å². The van der Waals surface area contributed by atoms with E-state index in [9.17, 15) is 9.59 Å². The van der Waals surface area contributed by atoms with Gasteiger partial charge in [0.2, 0.25) is 0 Å². The third-order valence-electron chi connectivity index (χ3n) is 4.86. The third-order valence-corrected chi connectivity index (χ3v) is 4.86. The molecule has 1 aliphatic rings. The number of carbonyl (C=O) groups excluding carboxylic acids is 2. The van der Waals surface area contributed by atoms with Crippen LogP contribution in [0.25, 0.3) is 6.08 Å². The van der Waals surface area contributed by atoms with E-state index in [1.54, 1.807) is 69.7 Å². The molecule has 0 spiro atoms. The Labute approximate surface area is 175 Å². The molecule has 0 fully saturated rings. The predicted molar refractivity (Wildman–Crippen MR) is 113 cm³/mol. The van der Waals surface area contributed by atoms with Crippen LogP contribution in [0.15, 0.2) is 59.3 Å². The monoisotopic (exact) mass is 409 g/mol. The Morgan fingerprint density at radius 2 is 1.53 bits per heavy atom. The second-order valence-electron chi connectivity index (χ2n) is 6.46. The first-order valence-electron chi connectivity index (χ1n) is 9.17. The van der Waals surface area contributed by atoms with Gasteiger partial charge in [-0.1, -0.05) is 0 Å². The van der Waals surface area contributed by atoms with E-state index in [0.717, 1.165) is 0 Å². The maximum Gasteiger partial charge on any atom is 0.340 e. The maximum absolute atomic E-state index is 13.3. The lowest BCUT2D eigenvalue weighted by molar-refractivity contribution is -0.136. The molecule has 0 radical (unpaired) electrons. The Morgan fingerprint density at radius 1 is 0.900 bits per heavy atom. The quantitative estimate of drug-likeness (QED) is 0.536. The van der Waals surface area contributed by atoms with Gasteiger partial charge in [-0.05, 0) is 49.4 Å². The van der Waals surface area contributed by atoms with Crippen molar-refractivity contribution in [2.24, 2.45) is 0 Å². The van der Waals surface area contributed by atoms with Crippen molar-refractivity contribution in [2.75, 3.05) is 33.3 Å². The molecule has 0 bridgehead atoms. The lowest BCUT2D eigenvalue weighted by Crippen LogP contribution is -2.24. The molecule has 156 valence electrons. The zero-order chi connectivity index (χ0) is 21.8. The van der Waals surface area contributed by atoms with E-state index in [0.29, 0.717) is 34.2 Å². The minimum Gasteiger partial charge on any atom is -0.497 e. The standard InChI is InChI=1S/C23H23NO6/c1-14-21(23(26)30-5)19(12-15-6-9-18(28-3)13-20(15)29-4)22(25)24(14)16-7-10-17(27-2)11-8-16/h6-13H,1-5H3/b19-12-. The van der Waals surface area contributed by atoms with Gasteiger partial charge in [-0.3, -0.25) is 9.69 Å². The summed E-state index contributed by atoms with van der Waals surface area (Å²) < 4.78 is 20.8. The van der Waals surface area contributed by atoms with Gasteiger partial charge in [0.25, 0.3) is 5.91 Å². The van der Waals surface area contributed by atoms with Crippen LogP contribution < -0.4 is 19.1 Å². The van der Waals surface area contributed by atoms with Crippen LogP contribution in [0.1, 0.15) is 12.5 Å². The molecule has 7 nitrogen and oxygen atoms in total. The highest BCUT2D eigenvalue weighted by atomic mass is 16.5. The Morgan fingerprint density at radius 3 is 2.10 bits per heavy atom. The molecule has 0 aromatic heterocycles. The summed E-state index contributed by atoms with van der Waals surface area (Å²) in [6.45, 7) is 1.71. The number of esters is 1. The van der Waals surface area contributed by atoms with Crippen LogP contribution in [0.2, 0.25) is 0 Å². The zero-order valence-electron chi connectivity index (χ0n) is 17.5. The summed E-state index contributed by atoms with van der Waals surface area (Å²) in [7, 11) is 5.94. The van der Waals surface area contributed by atoms with Crippen LogP contribution in [0.5, 0.6) is 17.2 Å². The average molecular weight is 409 g/mol. The van der Waals surface area contributed by atoms with Crippen LogP contribution in [0.3, 0.4) is 0 Å². The van der Waals surface area contributed by atoms with E-state index in [4.69, 9.17) is 18.9 Å². The topological polar surface area (TPSA) is 74.3 Å². The van der Waals surface area contributed by atoms with Crippen LogP contribution in [0, 0.1) is 0 Å². The van der Waals surface area contributed by atoms with E-state index < -0.39 is 5.97 Å². The average Bonchev–Trinajstić information content (AvgIpc) is 3.02. The first-order chi connectivity index (χ1) is 14.4. The molecule has 0 saturated heterocycles. The van der Waals surface area contributed by atoms with Crippen molar-refractivity contribution in [3.8, 4) is 17.2 Å². The molecule has 0 saturated carbocycles. The molecule has 30 heavy (non-hydrogen) atoms. The molecule has 2 aromatic rings. The fraction of sp³-hybridized carbons (Fsp3) is 0.217. The van der Waals surface area contributed by atoms with Crippen molar-refractivity contribution in [1.82, 2.24) is 0 Å². The molecule has 0 unspecified atom stereocenters. The number of anilines is 1. The van der Waals surface area contributed by atoms with E-state index in [-0.39, 0.29) is 17.1 Å². The van der Waals surface area contributed by atoms with Gasteiger partial charge < -0.3 is 18.9 Å².